The minimum atomic E-state index is -0.252. The summed E-state index contributed by atoms with van der Waals surface area (Å²) in [5, 5.41) is 0. The van der Waals surface area contributed by atoms with E-state index in [2.05, 4.69) is 6.92 Å². The highest BCUT2D eigenvalue weighted by molar-refractivity contribution is 6.21. The normalized spacial score (nSPS) is 14.9. The molecule has 0 radical (unpaired) electrons. The van der Waals surface area contributed by atoms with Gasteiger partial charge in [0.15, 0.2) is 0 Å². The third-order valence-corrected chi connectivity index (χ3v) is 3.96. The molecule has 0 saturated carbocycles. The summed E-state index contributed by atoms with van der Waals surface area (Å²) < 4.78 is 16.6. The highest BCUT2D eigenvalue weighted by Crippen LogP contribution is 2.21. The Hall–Kier alpha value is -1.76. The molecule has 25 heavy (non-hydrogen) atoms. The fourth-order valence-corrected chi connectivity index (χ4v) is 2.55. The molecule has 6 heteroatoms. The van der Waals surface area contributed by atoms with Crippen molar-refractivity contribution < 1.29 is 23.8 Å². The van der Waals surface area contributed by atoms with Crippen molar-refractivity contribution in [2.75, 3.05) is 39.6 Å². The van der Waals surface area contributed by atoms with Gasteiger partial charge in [0, 0.05) is 6.61 Å². The molecule has 0 spiro atoms. The van der Waals surface area contributed by atoms with Gasteiger partial charge in [0.25, 0.3) is 11.8 Å². The second-order valence-corrected chi connectivity index (χ2v) is 6.03. The Bertz CT molecular complexity index is 540. The van der Waals surface area contributed by atoms with Gasteiger partial charge >= 0.3 is 0 Å². The summed E-state index contributed by atoms with van der Waals surface area (Å²) in [5.74, 6) is -0.503. The fraction of sp³-hybridized carbons (Fsp3) is 0.579. The maximum Gasteiger partial charge on any atom is 0.261 e. The summed E-state index contributed by atoms with van der Waals surface area (Å²) in [5.41, 5.74) is 0.931. The SMILES string of the molecule is CCCCOCC(C)OCCOCCN1C(=O)c2ccccc2C1=O. The average molecular weight is 349 g/mol. The van der Waals surface area contributed by atoms with Crippen molar-refractivity contribution in [1.82, 2.24) is 4.90 Å². The number of carbonyl (C=O) groups is 2. The van der Waals surface area contributed by atoms with Crippen LogP contribution in [0.3, 0.4) is 0 Å². The maximum atomic E-state index is 12.2. The molecule has 0 saturated heterocycles. The van der Waals surface area contributed by atoms with E-state index in [1.807, 2.05) is 6.92 Å². The summed E-state index contributed by atoms with van der Waals surface area (Å²) in [6, 6.07) is 6.87. The van der Waals surface area contributed by atoms with Crippen LogP contribution in [0.1, 0.15) is 47.4 Å². The Balaban J connectivity index is 1.57. The highest BCUT2D eigenvalue weighted by Gasteiger charge is 2.34. The first kappa shape index (κ1) is 19.6. The van der Waals surface area contributed by atoms with Crippen LogP contribution >= 0.6 is 0 Å². The molecule has 1 atom stereocenters. The Morgan fingerprint density at radius 3 is 2.28 bits per heavy atom. The Morgan fingerprint density at radius 1 is 0.960 bits per heavy atom. The molecular formula is C19H27NO5. The lowest BCUT2D eigenvalue weighted by Crippen LogP contribution is -2.33. The van der Waals surface area contributed by atoms with E-state index in [1.54, 1.807) is 24.3 Å². The molecule has 2 amide bonds. The Morgan fingerprint density at radius 2 is 1.64 bits per heavy atom. The van der Waals surface area contributed by atoms with Crippen LogP contribution in [-0.2, 0) is 14.2 Å². The average Bonchev–Trinajstić information content (AvgIpc) is 2.86. The molecule has 138 valence electrons. The van der Waals surface area contributed by atoms with Crippen LogP contribution in [0, 0.1) is 0 Å². The molecule has 2 rings (SSSR count). The Labute approximate surface area is 149 Å². The number of hydrogen-bond acceptors (Lipinski definition) is 5. The lowest BCUT2D eigenvalue weighted by Gasteiger charge is -2.15. The summed E-state index contributed by atoms with van der Waals surface area (Å²) in [6.07, 6.45) is 2.21. The second kappa shape index (κ2) is 10.3. The van der Waals surface area contributed by atoms with E-state index < -0.39 is 0 Å². The smallest absolute Gasteiger partial charge is 0.261 e. The van der Waals surface area contributed by atoms with Crippen LogP contribution < -0.4 is 0 Å². The minimum Gasteiger partial charge on any atom is -0.379 e. The van der Waals surface area contributed by atoms with Crippen molar-refractivity contribution in [3.8, 4) is 0 Å². The van der Waals surface area contributed by atoms with Crippen LogP contribution in [0.2, 0.25) is 0 Å². The van der Waals surface area contributed by atoms with Gasteiger partial charge in [0.05, 0.1) is 50.2 Å². The predicted octanol–water partition coefficient (Wildman–Crippen LogP) is 2.52. The lowest BCUT2D eigenvalue weighted by molar-refractivity contribution is -0.0309. The molecule has 1 heterocycles. The number of fused-ring (bicyclic) bond motifs is 1. The van der Waals surface area contributed by atoms with Crippen LogP contribution in [0.15, 0.2) is 24.3 Å². The predicted molar refractivity (Wildman–Crippen MR) is 93.8 cm³/mol. The van der Waals surface area contributed by atoms with Gasteiger partial charge in [-0.25, -0.2) is 0 Å². The number of nitrogens with zero attached hydrogens (tertiary/aromatic N) is 1. The van der Waals surface area contributed by atoms with E-state index in [9.17, 15) is 9.59 Å². The summed E-state index contributed by atoms with van der Waals surface area (Å²) in [6.45, 7) is 6.87. The highest BCUT2D eigenvalue weighted by atomic mass is 16.5. The van der Waals surface area contributed by atoms with Gasteiger partial charge in [-0.3, -0.25) is 14.5 Å². The van der Waals surface area contributed by atoms with E-state index in [1.165, 1.54) is 4.90 Å². The molecule has 0 bridgehead atoms. The number of unbranched alkanes of at least 4 members (excludes halogenated alkanes) is 1. The van der Waals surface area contributed by atoms with Crippen molar-refractivity contribution in [2.24, 2.45) is 0 Å². The van der Waals surface area contributed by atoms with Gasteiger partial charge in [-0.1, -0.05) is 25.5 Å². The molecule has 1 aliphatic rings. The van der Waals surface area contributed by atoms with E-state index in [4.69, 9.17) is 14.2 Å². The van der Waals surface area contributed by atoms with E-state index in [0.29, 0.717) is 37.6 Å². The molecule has 0 aliphatic carbocycles. The van der Waals surface area contributed by atoms with Crippen LogP contribution in [0.4, 0.5) is 0 Å². The van der Waals surface area contributed by atoms with Crippen molar-refractivity contribution in [2.45, 2.75) is 32.8 Å². The molecule has 6 nitrogen and oxygen atoms in total. The molecule has 0 N–H and O–H groups in total. The maximum absolute atomic E-state index is 12.2. The number of imide groups is 1. The molecule has 1 aromatic rings. The van der Waals surface area contributed by atoms with Crippen molar-refractivity contribution in [3.63, 3.8) is 0 Å². The van der Waals surface area contributed by atoms with Gasteiger partial charge in [-0.05, 0) is 25.5 Å². The van der Waals surface area contributed by atoms with Crippen molar-refractivity contribution >= 4 is 11.8 Å². The van der Waals surface area contributed by atoms with Crippen LogP contribution in [0.5, 0.6) is 0 Å². The van der Waals surface area contributed by atoms with Crippen LogP contribution in [0.25, 0.3) is 0 Å². The lowest BCUT2D eigenvalue weighted by atomic mass is 10.1. The third-order valence-electron chi connectivity index (χ3n) is 3.96. The summed E-state index contributed by atoms with van der Waals surface area (Å²) in [7, 11) is 0. The first-order valence-corrected chi connectivity index (χ1v) is 8.87. The monoisotopic (exact) mass is 349 g/mol. The number of amides is 2. The molecule has 1 aromatic carbocycles. The minimum absolute atomic E-state index is 0.0247. The van der Waals surface area contributed by atoms with Crippen LogP contribution in [-0.4, -0.2) is 62.4 Å². The zero-order chi connectivity index (χ0) is 18.1. The number of rotatable bonds is 12. The molecule has 0 aromatic heterocycles. The van der Waals surface area contributed by atoms with E-state index >= 15 is 0 Å². The van der Waals surface area contributed by atoms with E-state index in [-0.39, 0.29) is 24.5 Å². The zero-order valence-corrected chi connectivity index (χ0v) is 15.0. The number of benzene rings is 1. The zero-order valence-electron chi connectivity index (χ0n) is 15.0. The second-order valence-electron chi connectivity index (χ2n) is 6.03. The quantitative estimate of drug-likeness (QED) is 0.428. The standard InChI is InChI=1S/C19H27NO5/c1-3-4-10-24-14-15(2)25-13-12-23-11-9-20-18(21)16-7-5-6-8-17(16)19(20)22/h5-8,15H,3-4,9-14H2,1-2H3. The summed E-state index contributed by atoms with van der Waals surface area (Å²) in [4.78, 5) is 25.6. The van der Waals surface area contributed by atoms with Gasteiger partial charge in [0.1, 0.15) is 0 Å². The molecule has 1 aliphatic heterocycles. The largest absolute Gasteiger partial charge is 0.379 e. The fourth-order valence-electron chi connectivity index (χ4n) is 2.55. The topological polar surface area (TPSA) is 65.1 Å². The molecular weight excluding hydrogens is 322 g/mol. The summed E-state index contributed by atoms with van der Waals surface area (Å²) >= 11 is 0. The molecule has 1 unspecified atom stereocenters. The Kier molecular flexibility index (Phi) is 8.04. The first-order chi connectivity index (χ1) is 12.1. The van der Waals surface area contributed by atoms with Gasteiger partial charge in [0.2, 0.25) is 0 Å². The van der Waals surface area contributed by atoms with Crippen molar-refractivity contribution in [3.05, 3.63) is 35.4 Å². The van der Waals surface area contributed by atoms with Gasteiger partial charge in [-0.2, -0.15) is 0 Å². The van der Waals surface area contributed by atoms with Crippen molar-refractivity contribution in [1.29, 1.82) is 0 Å². The van der Waals surface area contributed by atoms with Gasteiger partial charge in [-0.15, -0.1) is 0 Å². The number of ether oxygens (including phenoxy) is 3. The number of carbonyl (C=O) groups excluding carboxylic acids is 2. The third kappa shape index (κ3) is 5.63. The van der Waals surface area contributed by atoms with Gasteiger partial charge < -0.3 is 14.2 Å². The van der Waals surface area contributed by atoms with E-state index in [0.717, 1.165) is 19.4 Å². The number of hydrogen-bond donors (Lipinski definition) is 0. The molecule has 0 fully saturated rings. The first-order valence-electron chi connectivity index (χ1n) is 8.87.